The maximum atomic E-state index is 6.49. The van der Waals surface area contributed by atoms with Crippen molar-refractivity contribution in [1.29, 1.82) is 0 Å². The summed E-state index contributed by atoms with van der Waals surface area (Å²) in [5.74, 6) is 2.89. The predicted octanol–water partition coefficient (Wildman–Crippen LogP) is 16.6. The Hall–Kier alpha value is -10.4. The lowest BCUT2D eigenvalue weighted by molar-refractivity contribution is 0.104. The molecule has 9 aromatic carbocycles. The first-order valence-corrected chi connectivity index (χ1v) is 27.1. The fourth-order valence-electron chi connectivity index (χ4n) is 13.3. The van der Waals surface area contributed by atoms with Gasteiger partial charge in [-0.15, -0.1) is 0 Å². The van der Waals surface area contributed by atoms with Crippen molar-refractivity contribution in [2.24, 2.45) is 9.98 Å². The SMILES string of the molecule is C1=NC2=C3C(c4ccccc4)=CC=C4c5cccc6c7nc(-c8ccccc8)cnc7n(c56)C(C(c5ccc(N6c7ccccc7Oc7ccccc76)cc5)c5ccc(N6c7ccccc7Oc7ccccc76)cc5)N(C2N=C1)C43. The number of nitrogens with zero attached hydrogens (tertiary/aromatic N) is 8. The van der Waals surface area contributed by atoms with Gasteiger partial charge in [-0.05, 0) is 101 Å². The van der Waals surface area contributed by atoms with E-state index in [-0.39, 0.29) is 12.0 Å². The summed E-state index contributed by atoms with van der Waals surface area (Å²) in [4.78, 5) is 29.1. The number of allylic oxidation sites excluding steroid dienone is 2. The van der Waals surface area contributed by atoms with E-state index >= 15 is 0 Å². The third-order valence-electron chi connectivity index (χ3n) is 16.6. The average molecular weight is 1030 g/mol. The second-order valence-corrected chi connectivity index (χ2v) is 20.9. The van der Waals surface area contributed by atoms with Crippen LogP contribution in [-0.2, 0) is 0 Å². The zero-order valence-electron chi connectivity index (χ0n) is 43.0. The Bertz CT molecular complexity index is 4290. The molecule has 17 rings (SSSR count). The minimum Gasteiger partial charge on any atom is -0.453 e. The second kappa shape index (κ2) is 17.6. The molecule has 2 aromatic heterocycles. The molecular formula is C70H46N8O2. The molecule has 10 heteroatoms. The lowest BCUT2D eigenvalue weighted by Crippen LogP contribution is -2.46. The van der Waals surface area contributed by atoms with E-state index in [0.29, 0.717) is 0 Å². The number of ether oxygens (including phenoxy) is 2. The van der Waals surface area contributed by atoms with Crippen LogP contribution in [0.5, 0.6) is 23.0 Å². The highest BCUT2D eigenvalue weighted by Crippen LogP contribution is 2.59. The van der Waals surface area contributed by atoms with Gasteiger partial charge in [-0.3, -0.25) is 9.98 Å². The molecule has 11 aromatic rings. The molecule has 0 saturated heterocycles. The van der Waals surface area contributed by atoms with Crippen LogP contribution in [0.25, 0.3) is 44.5 Å². The number of aromatic nitrogens is 3. The molecule has 10 nitrogen and oxygen atoms in total. The molecule has 0 bridgehead atoms. The molecule has 3 unspecified atom stereocenters. The molecule has 6 aliphatic rings. The molecule has 1 aliphatic carbocycles. The summed E-state index contributed by atoms with van der Waals surface area (Å²) in [7, 11) is 0. The Kier molecular flexibility index (Phi) is 9.80. The van der Waals surface area contributed by atoms with Crippen molar-refractivity contribution in [2.75, 3.05) is 9.80 Å². The largest absolute Gasteiger partial charge is 0.453 e. The number of rotatable bonds is 7. The van der Waals surface area contributed by atoms with Gasteiger partial charge in [0.15, 0.2) is 28.6 Å². The van der Waals surface area contributed by atoms with Crippen molar-refractivity contribution in [3.05, 3.63) is 276 Å². The minimum absolute atomic E-state index is 0.242. The smallest absolute Gasteiger partial charge is 0.161 e. The molecular weight excluding hydrogens is 985 g/mol. The van der Waals surface area contributed by atoms with Crippen LogP contribution in [-0.4, -0.2) is 44.1 Å². The zero-order chi connectivity index (χ0) is 52.4. The van der Waals surface area contributed by atoms with Crippen LogP contribution in [0.15, 0.2) is 264 Å². The maximum Gasteiger partial charge on any atom is 0.161 e. The summed E-state index contributed by atoms with van der Waals surface area (Å²) in [6.07, 6.45) is 9.42. The van der Waals surface area contributed by atoms with Crippen LogP contribution < -0.4 is 19.3 Å². The van der Waals surface area contributed by atoms with Gasteiger partial charge in [-0.1, -0.05) is 164 Å². The van der Waals surface area contributed by atoms with Gasteiger partial charge >= 0.3 is 0 Å². The Morgan fingerprint density at radius 2 is 1.02 bits per heavy atom. The number of para-hydroxylation sites is 9. The summed E-state index contributed by atoms with van der Waals surface area (Å²) in [6.45, 7) is 0. The summed E-state index contributed by atoms with van der Waals surface area (Å²) < 4.78 is 15.5. The maximum absolute atomic E-state index is 6.49. The number of fused-ring (bicyclic) bond motifs is 10. The van der Waals surface area contributed by atoms with Gasteiger partial charge in [0.25, 0.3) is 0 Å². The van der Waals surface area contributed by atoms with E-state index in [1.807, 2.05) is 73.2 Å². The monoisotopic (exact) mass is 1030 g/mol. The highest BCUT2D eigenvalue weighted by atomic mass is 16.5. The van der Waals surface area contributed by atoms with E-state index in [0.717, 1.165) is 124 Å². The highest BCUT2D eigenvalue weighted by Gasteiger charge is 2.53. The third kappa shape index (κ3) is 6.63. The van der Waals surface area contributed by atoms with Gasteiger partial charge in [0, 0.05) is 51.8 Å². The van der Waals surface area contributed by atoms with Crippen molar-refractivity contribution < 1.29 is 9.47 Å². The van der Waals surface area contributed by atoms with E-state index in [1.54, 1.807) is 0 Å². The first-order valence-electron chi connectivity index (χ1n) is 27.1. The molecule has 0 saturated carbocycles. The number of hydrogen-bond donors (Lipinski definition) is 0. The third-order valence-corrected chi connectivity index (χ3v) is 16.6. The fourth-order valence-corrected chi connectivity index (χ4v) is 13.3. The Morgan fingerprint density at radius 1 is 0.487 bits per heavy atom. The summed E-state index contributed by atoms with van der Waals surface area (Å²) >= 11 is 0. The van der Waals surface area contributed by atoms with Crippen LogP contribution in [0.4, 0.5) is 34.1 Å². The lowest BCUT2D eigenvalue weighted by Gasteiger charge is -2.42. The molecule has 3 atom stereocenters. The van der Waals surface area contributed by atoms with E-state index in [4.69, 9.17) is 29.4 Å². The van der Waals surface area contributed by atoms with Crippen molar-refractivity contribution in [2.45, 2.75) is 24.3 Å². The molecule has 378 valence electrons. The van der Waals surface area contributed by atoms with E-state index in [1.165, 1.54) is 11.1 Å². The number of hydrogen-bond acceptors (Lipinski definition) is 9. The first kappa shape index (κ1) is 44.7. The normalized spacial score (nSPS) is 18.1. The fraction of sp³-hybridized carbons (Fsp3) is 0.0571. The predicted molar refractivity (Wildman–Crippen MR) is 320 cm³/mol. The van der Waals surface area contributed by atoms with E-state index < -0.39 is 12.3 Å². The molecule has 0 spiro atoms. The van der Waals surface area contributed by atoms with Crippen LogP contribution in [0.3, 0.4) is 0 Å². The summed E-state index contributed by atoms with van der Waals surface area (Å²) in [6, 6.07) is 78.9. The quantitative estimate of drug-likeness (QED) is 0.157. The molecule has 5 aliphatic heterocycles. The summed E-state index contributed by atoms with van der Waals surface area (Å²) in [5, 5.41) is 1.04. The topological polar surface area (TPSA) is 83.6 Å². The Balaban J connectivity index is 0.927. The van der Waals surface area contributed by atoms with Gasteiger partial charge in [0.05, 0.1) is 51.9 Å². The summed E-state index contributed by atoms with van der Waals surface area (Å²) in [5.41, 5.74) is 19.5. The Labute approximate surface area is 461 Å². The number of benzene rings is 9. The second-order valence-electron chi connectivity index (χ2n) is 20.9. The lowest BCUT2D eigenvalue weighted by atomic mass is 9.81. The van der Waals surface area contributed by atoms with E-state index in [9.17, 15) is 0 Å². The zero-order valence-corrected chi connectivity index (χ0v) is 43.0. The molecule has 0 N–H and O–H groups in total. The van der Waals surface area contributed by atoms with Gasteiger partial charge in [-0.2, -0.15) is 0 Å². The van der Waals surface area contributed by atoms with E-state index in [2.05, 4.69) is 201 Å². The number of aliphatic imine (C=N–C) groups is 2. The minimum atomic E-state index is -0.451. The highest BCUT2D eigenvalue weighted by molar-refractivity contribution is 6.17. The van der Waals surface area contributed by atoms with Gasteiger partial charge in [0.1, 0.15) is 17.8 Å². The number of anilines is 6. The van der Waals surface area contributed by atoms with Crippen molar-refractivity contribution in [3.63, 3.8) is 0 Å². The van der Waals surface area contributed by atoms with Crippen LogP contribution in [0.1, 0.15) is 34.3 Å². The van der Waals surface area contributed by atoms with Gasteiger partial charge < -0.3 is 23.8 Å². The molecule has 0 amide bonds. The standard InChI is InChI=1S/C70H46N8O2/c1-3-16-43(17-4-1)49-38-39-51-50-20-15-21-52-64-68(73-42-53(74-64)44-18-5-2-6-19-44)77(66(50)52)70(78-67(51)63(49)65-69(78)72-41-40-71-65)62(45-30-34-47(35-31-45)75-54-22-7-11-26-58(54)79-59-27-12-8-23-55(59)75)46-32-36-48(37-33-46)76-56-24-9-13-28-60(56)80-61-29-14-10-25-57(61)76/h1-42,62,67,69-70H. The Morgan fingerprint density at radius 3 is 1.60 bits per heavy atom. The van der Waals surface area contributed by atoms with Crippen molar-refractivity contribution in [1.82, 2.24) is 19.4 Å². The van der Waals surface area contributed by atoms with Crippen LogP contribution in [0.2, 0.25) is 0 Å². The first-order chi connectivity index (χ1) is 39.7. The van der Waals surface area contributed by atoms with Crippen molar-refractivity contribution >= 4 is 79.8 Å². The molecule has 80 heavy (non-hydrogen) atoms. The molecule has 0 radical (unpaired) electrons. The van der Waals surface area contributed by atoms with Crippen LogP contribution >= 0.6 is 0 Å². The molecule has 0 fully saturated rings. The van der Waals surface area contributed by atoms with Crippen LogP contribution in [0, 0.1) is 0 Å². The van der Waals surface area contributed by atoms with Gasteiger partial charge in [0.2, 0.25) is 0 Å². The average Bonchev–Trinajstić information content (AvgIpc) is 4.16. The molecule has 7 heterocycles. The van der Waals surface area contributed by atoms with Crippen molar-refractivity contribution in [3.8, 4) is 34.3 Å². The van der Waals surface area contributed by atoms with Gasteiger partial charge in [-0.25, -0.2) is 14.9 Å².